The molecule has 0 spiro atoms. The molecule has 5 nitrogen and oxygen atoms in total. The number of likely N-dealkylation sites (tertiary alicyclic amines) is 1. The number of rotatable bonds is 3. The van der Waals surface area contributed by atoms with Crippen LogP contribution in [0.1, 0.15) is 31.2 Å². The van der Waals surface area contributed by atoms with Gasteiger partial charge in [-0.2, -0.15) is 5.10 Å². The molecule has 19 heavy (non-hydrogen) atoms. The zero-order chi connectivity index (χ0) is 14.2. The van der Waals surface area contributed by atoms with Crippen LogP contribution < -0.4 is 5.73 Å². The van der Waals surface area contributed by atoms with Gasteiger partial charge in [-0.15, -0.1) is 0 Å². The summed E-state index contributed by atoms with van der Waals surface area (Å²) < 4.78 is 2.96. The average Bonchev–Trinajstić information content (AvgIpc) is 2.58. The normalized spacial score (nSPS) is 24.6. The van der Waals surface area contributed by atoms with Gasteiger partial charge in [-0.25, -0.2) is 0 Å². The summed E-state index contributed by atoms with van der Waals surface area (Å²) in [6, 6.07) is 0.470. The number of carbonyl (C=O) groups excluding carboxylic acids is 1. The van der Waals surface area contributed by atoms with Gasteiger partial charge in [0.2, 0.25) is 5.91 Å². The minimum atomic E-state index is -0.183. The molecule has 0 radical (unpaired) electrons. The Morgan fingerprint density at radius 2 is 2.21 bits per heavy atom. The van der Waals surface area contributed by atoms with Gasteiger partial charge in [-0.1, -0.05) is 0 Å². The first kappa shape index (κ1) is 14.5. The van der Waals surface area contributed by atoms with E-state index in [9.17, 15) is 4.79 Å². The van der Waals surface area contributed by atoms with Crippen molar-refractivity contribution in [3.63, 3.8) is 0 Å². The van der Waals surface area contributed by atoms with Gasteiger partial charge in [0.25, 0.3) is 0 Å². The van der Waals surface area contributed by atoms with E-state index >= 15 is 0 Å². The number of carbonyl (C=O) groups is 1. The van der Waals surface area contributed by atoms with E-state index in [0.29, 0.717) is 6.04 Å². The van der Waals surface area contributed by atoms with Gasteiger partial charge in [-0.3, -0.25) is 14.4 Å². The van der Waals surface area contributed by atoms with Gasteiger partial charge in [-0.05, 0) is 42.6 Å². The molecule has 1 aromatic heterocycles. The third kappa shape index (κ3) is 3.00. The Kier molecular flexibility index (Phi) is 4.30. The number of aromatic nitrogens is 2. The smallest absolute Gasteiger partial charge is 0.221 e. The van der Waals surface area contributed by atoms with Crippen molar-refractivity contribution in [1.29, 1.82) is 0 Å². The molecule has 106 valence electrons. The highest BCUT2D eigenvalue weighted by molar-refractivity contribution is 9.10. The van der Waals surface area contributed by atoms with E-state index in [1.54, 1.807) is 0 Å². The molecule has 0 aliphatic carbocycles. The molecule has 1 fully saturated rings. The SMILES string of the molecule is Cc1nn(C)c(CN2CC(C(N)=O)CCC2C)c1Br. The lowest BCUT2D eigenvalue weighted by Gasteiger charge is -2.36. The number of nitrogens with two attached hydrogens (primary N) is 1. The first-order valence-electron chi connectivity index (χ1n) is 6.61. The standard InChI is InChI=1S/C13H21BrN4O/c1-8-4-5-10(13(15)19)6-18(8)7-11-12(14)9(2)16-17(11)3/h8,10H,4-7H2,1-3H3,(H2,15,19). The fourth-order valence-electron chi connectivity index (χ4n) is 2.68. The molecular formula is C13H21BrN4O. The van der Waals surface area contributed by atoms with Gasteiger partial charge in [0, 0.05) is 26.2 Å². The Morgan fingerprint density at radius 3 is 2.74 bits per heavy atom. The van der Waals surface area contributed by atoms with Crippen molar-refractivity contribution in [3.05, 3.63) is 15.9 Å². The van der Waals surface area contributed by atoms with Crippen molar-refractivity contribution in [2.24, 2.45) is 18.7 Å². The monoisotopic (exact) mass is 328 g/mol. The maximum absolute atomic E-state index is 11.4. The number of primary amides is 1. The van der Waals surface area contributed by atoms with Gasteiger partial charge in [0.05, 0.1) is 21.8 Å². The second kappa shape index (κ2) is 5.63. The van der Waals surface area contributed by atoms with Gasteiger partial charge < -0.3 is 5.73 Å². The molecule has 2 atom stereocenters. The van der Waals surface area contributed by atoms with Crippen molar-refractivity contribution < 1.29 is 4.79 Å². The number of amides is 1. The van der Waals surface area contributed by atoms with Crippen LogP contribution in [0.5, 0.6) is 0 Å². The summed E-state index contributed by atoms with van der Waals surface area (Å²) in [6.45, 7) is 5.73. The molecule has 1 amide bonds. The fourth-order valence-corrected chi connectivity index (χ4v) is 3.14. The highest BCUT2D eigenvalue weighted by atomic mass is 79.9. The van der Waals surface area contributed by atoms with Crippen LogP contribution in [0.15, 0.2) is 4.47 Å². The molecule has 2 heterocycles. The molecule has 1 saturated heterocycles. The largest absolute Gasteiger partial charge is 0.369 e. The Bertz CT molecular complexity index is 485. The summed E-state index contributed by atoms with van der Waals surface area (Å²) in [5.74, 6) is -0.207. The topological polar surface area (TPSA) is 64.2 Å². The van der Waals surface area contributed by atoms with Crippen molar-refractivity contribution in [2.75, 3.05) is 6.54 Å². The second-order valence-electron chi connectivity index (χ2n) is 5.42. The molecule has 0 saturated carbocycles. The van der Waals surface area contributed by atoms with Crippen LogP contribution in [0.2, 0.25) is 0 Å². The molecule has 2 unspecified atom stereocenters. The van der Waals surface area contributed by atoms with Gasteiger partial charge in [0.15, 0.2) is 0 Å². The summed E-state index contributed by atoms with van der Waals surface area (Å²) in [5.41, 5.74) is 7.58. The van der Waals surface area contributed by atoms with E-state index in [4.69, 9.17) is 5.73 Å². The van der Waals surface area contributed by atoms with Crippen molar-refractivity contribution in [3.8, 4) is 0 Å². The number of nitrogens with zero attached hydrogens (tertiary/aromatic N) is 3. The van der Waals surface area contributed by atoms with Crippen LogP contribution >= 0.6 is 15.9 Å². The third-order valence-corrected chi connectivity index (χ3v) is 5.06. The molecule has 0 aromatic carbocycles. The van der Waals surface area contributed by atoms with E-state index < -0.39 is 0 Å². The number of hydrogen-bond donors (Lipinski definition) is 1. The summed E-state index contributed by atoms with van der Waals surface area (Å²) in [4.78, 5) is 13.7. The quantitative estimate of drug-likeness (QED) is 0.916. The van der Waals surface area contributed by atoms with Crippen LogP contribution in [0, 0.1) is 12.8 Å². The van der Waals surface area contributed by atoms with Crippen molar-refractivity contribution in [1.82, 2.24) is 14.7 Å². The maximum Gasteiger partial charge on any atom is 0.221 e. The van der Waals surface area contributed by atoms with E-state index in [1.807, 2.05) is 18.7 Å². The molecular weight excluding hydrogens is 308 g/mol. The number of piperidine rings is 1. The fraction of sp³-hybridized carbons (Fsp3) is 0.692. The van der Waals surface area contributed by atoms with Crippen LogP contribution in [-0.2, 0) is 18.4 Å². The third-order valence-electron chi connectivity index (χ3n) is 4.03. The lowest BCUT2D eigenvalue weighted by molar-refractivity contribution is -0.124. The first-order chi connectivity index (χ1) is 8.90. The van der Waals surface area contributed by atoms with E-state index in [0.717, 1.165) is 41.8 Å². The zero-order valence-electron chi connectivity index (χ0n) is 11.7. The number of hydrogen-bond acceptors (Lipinski definition) is 3. The van der Waals surface area contributed by atoms with Crippen LogP contribution in [0.3, 0.4) is 0 Å². The molecule has 1 aromatic rings. The minimum absolute atomic E-state index is 0.0238. The highest BCUT2D eigenvalue weighted by Crippen LogP contribution is 2.27. The molecule has 1 aliphatic rings. The predicted molar refractivity (Wildman–Crippen MR) is 77.4 cm³/mol. The molecule has 2 rings (SSSR count). The molecule has 0 bridgehead atoms. The minimum Gasteiger partial charge on any atom is -0.369 e. The summed E-state index contributed by atoms with van der Waals surface area (Å²) in [6.07, 6.45) is 1.92. The maximum atomic E-state index is 11.4. The Labute approximate surface area is 122 Å². The van der Waals surface area contributed by atoms with E-state index in [-0.39, 0.29) is 11.8 Å². The second-order valence-corrected chi connectivity index (χ2v) is 6.22. The van der Waals surface area contributed by atoms with E-state index in [1.165, 1.54) is 0 Å². The molecule has 1 aliphatic heterocycles. The van der Waals surface area contributed by atoms with Crippen LogP contribution in [0.25, 0.3) is 0 Å². The molecule has 2 N–H and O–H groups in total. The Morgan fingerprint density at radius 1 is 1.53 bits per heavy atom. The van der Waals surface area contributed by atoms with Crippen LogP contribution in [-0.4, -0.2) is 33.2 Å². The van der Waals surface area contributed by atoms with Crippen LogP contribution in [0.4, 0.5) is 0 Å². The first-order valence-corrected chi connectivity index (χ1v) is 7.40. The van der Waals surface area contributed by atoms with Crippen molar-refractivity contribution in [2.45, 2.75) is 39.3 Å². The average molecular weight is 329 g/mol. The summed E-state index contributed by atoms with van der Waals surface area (Å²) >= 11 is 3.59. The Hall–Kier alpha value is -0.880. The highest BCUT2D eigenvalue weighted by Gasteiger charge is 2.29. The summed E-state index contributed by atoms with van der Waals surface area (Å²) in [5, 5.41) is 4.41. The predicted octanol–water partition coefficient (Wildman–Crippen LogP) is 1.58. The van der Waals surface area contributed by atoms with E-state index in [2.05, 4.69) is 32.9 Å². The lowest BCUT2D eigenvalue weighted by atomic mass is 9.93. The summed E-state index contributed by atoms with van der Waals surface area (Å²) in [7, 11) is 1.95. The number of halogens is 1. The number of aryl methyl sites for hydroxylation is 2. The van der Waals surface area contributed by atoms with Gasteiger partial charge in [0.1, 0.15) is 0 Å². The van der Waals surface area contributed by atoms with Crippen molar-refractivity contribution >= 4 is 21.8 Å². The van der Waals surface area contributed by atoms with Gasteiger partial charge >= 0.3 is 0 Å². The molecule has 6 heteroatoms. The Balaban J connectivity index is 2.14. The lowest BCUT2D eigenvalue weighted by Crippen LogP contribution is -2.45. The zero-order valence-corrected chi connectivity index (χ0v) is 13.3.